The highest BCUT2D eigenvalue weighted by Gasteiger charge is 2.21. The number of nitrogens with zero attached hydrogens (tertiary/aromatic N) is 2. The molecule has 0 spiro atoms. The Labute approximate surface area is 173 Å². The summed E-state index contributed by atoms with van der Waals surface area (Å²) in [6.07, 6.45) is 2.59. The predicted octanol–water partition coefficient (Wildman–Crippen LogP) is 2.91. The van der Waals surface area contributed by atoms with Crippen LogP contribution in [0.5, 0.6) is 0 Å². The first-order chi connectivity index (χ1) is 14.5. The summed E-state index contributed by atoms with van der Waals surface area (Å²) in [6, 6.07) is 9.13. The van der Waals surface area contributed by atoms with E-state index in [4.69, 9.17) is 14.2 Å². The number of aromatic nitrogens is 2. The van der Waals surface area contributed by atoms with E-state index in [0.29, 0.717) is 31.0 Å². The van der Waals surface area contributed by atoms with Crippen molar-refractivity contribution in [2.45, 2.75) is 38.1 Å². The number of ether oxygens (including phenoxy) is 3. The lowest BCUT2D eigenvalue weighted by molar-refractivity contribution is -0.164. The molecular formula is C21H24N2O7. The quantitative estimate of drug-likeness (QED) is 0.562. The highest BCUT2D eigenvalue weighted by atomic mass is 16.7. The van der Waals surface area contributed by atoms with E-state index in [2.05, 4.69) is 9.97 Å². The molecule has 1 atom stereocenters. The third kappa shape index (κ3) is 6.06. The standard InChI is InChI=1S/C21H24N2O7/c24-20(25)16-8-3-6-14(22-16)19(15-7-4-9-17(23-15)21(26)27)30-13-5-12-29-18-10-1-2-11-28-18/h3-4,6-9,18-19H,1-2,5,10-13H2,(H,24,25)(H,26,27). The lowest BCUT2D eigenvalue weighted by Gasteiger charge is -2.23. The molecule has 3 heterocycles. The molecule has 0 amide bonds. The van der Waals surface area contributed by atoms with Crippen LogP contribution < -0.4 is 0 Å². The number of rotatable bonds is 10. The Morgan fingerprint density at radius 2 is 1.63 bits per heavy atom. The molecule has 30 heavy (non-hydrogen) atoms. The average Bonchev–Trinajstić information content (AvgIpc) is 2.77. The molecule has 3 rings (SSSR count). The zero-order chi connectivity index (χ0) is 21.3. The highest BCUT2D eigenvalue weighted by molar-refractivity contribution is 5.85. The van der Waals surface area contributed by atoms with Crippen LogP contribution in [0.1, 0.15) is 64.2 Å². The van der Waals surface area contributed by atoms with Crippen molar-refractivity contribution in [2.75, 3.05) is 19.8 Å². The average molecular weight is 416 g/mol. The Morgan fingerprint density at radius 1 is 1.00 bits per heavy atom. The smallest absolute Gasteiger partial charge is 0.354 e. The SMILES string of the molecule is O=C(O)c1cccc(C(OCCCOC2CCCCO2)c2cccc(C(=O)O)n2)n1. The Bertz CT molecular complexity index is 810. The van der Waals surface area contributed by atoms with Gasteiger partial charge in [-0.05, 0) is 49.9 Å². The van der Waals surface area contributed by atoms with Gasteiger partial charge in [-0.15, -0.1) is 0 Å². The van der Waals surface area contributed by atoms with Gasteiger partial charge in [-0.3, -0.25) is 0 Å². The topological polar surface area (TPSA) is 128 Å². The second kappa shape index (κ2) is 10.8. The van der Waals surface area contributed by atoms with E-state index in [1.165, 1.54) is 12.1 Å². The fourth-order valence-electron chi connectivity index (χ4n) is 3.07. The van der Waals surface area contributed by atoms with E-state index in [1.807, 2.05) is 0 Å². The predicted molar refractivity (Wildman–Crippen MR) is 104 cm³/mol. The Balaban J connectivity index is 1.69. The molecule has 1 aliphatic heterocycles. The summed E-state index contributed by atoms with van der Waals surface area (Å²) in [5.41, 5.74) is 0.407. The molecule has 1 unspecified atom stereocenters. The van der Waals surface area contributed by atoms with Gasteiger partial charge >= 0.3 is 11.9 Å². The van der Waals surface area contributed by atoms with Crippen molar-refractivity contribution in [3.63, 3.8) is 0 Å². The third-order valence-corrected chi connectivity index (χ3v) is 4.53. The van der Waals surface area contributed by atoms with E-state index in [0.717, 1.165) is 19.3 Å². The number of carboxylic acids is 2. The number of carbonyl (C=O) groups is 2. The first-order valence-electron chi connectivity index (χ1n) is 9.80. The van der Waals surface area contributed by atoms with Crippen molar-refractivity contribution in [3.05, 3.63) is 59.2 Å². The number of pyridine rings is 2. The van der Waals surface area contributed by atoms with E-state index in [1.54, 1.807) is 24.3 Å². The van der Waals surface area contributed by atoms with Crippen molar-refractivity contribution in [3.8, 4) is 0 Å². The lowest BCUT2D eigenvalue weighted by atomic mass is 10.1. The first-order valence-corrected chi connectivity index (χ1v) is 9.80. The number of hydrogen-bond donors (Lipinski definition) is 2. The number of aromatic carboxylic acids is 2. The van der Waals surface area contributed by atoms with Gasteiger partial charge in [-0.1, -0.05) is 12.1 Å². The second-order valence-corrected chi connectivity index (χ2v) is 6.78. The molecule has 2 N–H and O–H groups in total. The van der Waals surface area contributed by atoms with Crippen molar-refractivity contribution in [2.24, 2.45) is 0 Å². The first kappa shape index (κ1) is 21.8. The molecule has 0 saturated carbocycles. The van der Waals surface area contributed by atoms with Crippen molar-refractivity contribution < 1.29 is 34.0 Å². The van der Waals surface area contributed by atoms with Crippen LogP contribution in [-0.4, -0.2) is 58.2 Å². The van der Waals surface area contributed by atoms with Gasteiger partial charge in [0.15, 0.2) is 6.29 Å². The molecule has 2 aromatic heterocycles. The normalized spacial score (nSPS) is 16.5. The lowest BCUT2D eigenvalue weighted by Crippen LogP contribution is -2.23. The maximum atomic E-state index is 11.3. The van der Waals surface area contributed by atoms with Crippen molar-refractivity contribution in [1.82, 2.24) is 9.97 Å². The molecule has 9 nitrogen and oxygen atoms in total. The fourth-order valence-corrected chi connectivity index (χ4v) is 3.07. The fraction of sp³-hybridized carbons (Fsp3) is 0.429. The summed E-state index contributed by atoms with van der Waals surface area (Å²) in [4.78, 5) is 30.8. The molecule has 160 valence electrons. The maximum absolute atomic E-state index is 11.3. The Hall–Kier alpha value is -2.88. The minimum absolute atomic E-state index is 0.131. The van der Waals surface area contributed by atoms with E-state index < -0.39 is 18.0 Å². The van der Waals surface area contributed by atoms with Gasteiger partial charge in [0.05, 0.1) is 24.6 Å². The third-order valence-electron chi connectivity index (χ3n) is 4.53. The van der Waals surface area contributed by atoms with Crippen LogP contribution in [0.15, 0.2) is 36.4 Å². The van der Waals surface area contributed by atoms with E-state index >= 15 is 0 Å². The minimum Gasteiger partial charge on any atom is -0.477 e. The monoisotopic (exact) mass is 416 g/mol. The highest BCUT2D eigenvalue weighted by Crippen LogP contribution is 2.24. The summed E-state index contributed by atoms with van der Waals surface area (Å²) in [5.74, 6) is -2.33. The van der Waals surface area contributed by atoms with Crippen LogP contribution in [0, 0.1) is 0 Å². The van der Waals surface area contributed by atoms with Gasteiger partial charge in [0.1, 0.15) is 17.5 Å². The molecule has 0 radical (unpaired) electrons. The molecule has 0 aliphatic carbocycles. The molecule has 9 heteroatoms. The zero-order valence-corrected chi connectivity index (χ0v) is 16.4. The van der Waals surface area contributed by atoms with E-state index in [-0.39, 0.29) is 24.3 Å². The summed E-state index contributed by atoms with van der Waals surface area (Å²) in [6.45, 7) is 1.44. The molecule has 0 bridgehead atoms. The van der Waals surface area contributed by atoms with Crippen molar-refractivity contribution in [1.29, 1.82) is 0 Å². The van der Waals surface area contributed by atoms with Crippen LogP contribution in [0.3, 0.4) is 0 Å². The van der Waals surface area contributed by atoms with Crippen LogP contribution in [0.4, 0.5) is 0 Å². The summed E-state index contributed by atoms with van der Waals surface area (Å²) in [7, 11) is 0. The van der Waals surface area contributed by atoms with Gasteiger partial charge in [0, 0.05) is 6.61 Å². The van der Waals surface area contributed by atoms with Gasteiger partial charge in [-0.2, -0.15) is 0 Å². The molecular weight excluding hydrogens is 392 g/mol. The van der Waals surface area contributed by atoms with Crippen molar-refractivity contribution >= 4 is 11.9 Å². The molecule has 0 aromatic carbocycles. The van der Waals surface area contributed by atoms with Gasteiger partial charge < -0.3 is 24.4 Å². The maximum Gasteiger partial charge on any atom is 0.354 e. The molecule has 2 aromatic rings. The summed E-state index contributed by atoms with van der Waals surface area (Å²) in [5, 5.41) is 18.4. The summed E-state index contributed by atoms with van der Waals surface area (Å²) >= 11 is 0. The van der Waals surface area contributed by atoms with Crippen LogP contribution >= 0.6 is 0 Å². The van der Waals surface area contributed by atoms with Gasteiger partial charge in [0.25, 0.3) is 0 Å². The Morgan fingerprint density at radius 3 is 2.17 bits per heavy atom. The Kier molecular flexibility index (Phi) is 7.83. The number of hydrogen-bond acceptors (Lipinski definition) is 7. The van der Waals surface area contributed by atoms with Gasteiger partial charge in [-0.25, -0.2) is 19.6 Å². The zero-order valence-electron chi connectivity index (χ0n) is 16.4. The van der Waals surface area contributed by atoms with Crippen LogP contribution in [-0.2, 0) is 14.2 Å². The number of carboxylic acid groups (broad SMARTS) is 2. The van der Waals surface area contributed by atoms with E-state index in [9.17, 15) is 19.8 Å². The van der Waals surface area contributed by atoms with Crippen LogP contribution in [0.2, 0.25) is 0 Å². The largest absolute Gasteiger partial charge is 0.477 e. The molecule has 1 fully saturated rings. The van der Waals surface area contributed by atoms with Gasteiger partial charge in [0.2, 0.25) is 0 Å². The summed E-state index contributed by atoms with van der Waals surface area (Å²) < 4.78 is 17.2. The minimum atomic E-state index is -1.16. The molecule has 1 aliphatic rings. The van der Waals surface area contributed by atoms with Crippen LogP contribution in [0.25, 0.3) is 0 Å². The molecule has 1 saturated heterocycles. The second-order valence-electron chi connectivity index (χ2n) is 6.78.